The number of piperidine rings is 1. The van der Waals surface area contributed by atoms with Crippen molar-refractivity contribution in [2.45, 2.75) is 18.6 Å². The van der Waals surface area contributed by atoms with Gasteiger partial charge in [0.2, 0.25) is 16.0 Å². The van der Waals surface area contributed by atoms with Gasteiger partial charge in [-0.05, 0) is 22.4 Å². The first kappa shape index (κ1) is 16.5. The summed E-state index contributed by atoms with van der Waals surface area (Å²) in [7, 11) is -3.40. The topological polar surface area (TPSA) is 79.6 Å². The Labute approximate surface area is 139 Å². The molecule has 2 atom stereocenters. The second-order valence-corrected chi connectivity index (χ2v) is 8.11. The number of sulfonamides is 1. The zero-order valence-corrected chi connectivity index (χ0v) is 14.5. The first-order valence-corrected chi connectivity index (χ1v) is 9.45. The molecule has 0 bridgehead atoms. The first-order valence-electron chi connectivity index (χ1n) is 6.81. The summed E-state index contributed by atoms with van der Waals surface area (Å²) in [6.07, 6.45) is 1.38. The number of hydrogen-bond donors (Lipinski definition) is 1. The average Bonchev–Trinajstić information content (AvgIpc) is 2.75. The van der Waals surface area contributed by atoms with E-state index in [-0.39, 0.29) is 30.1 Å². The molecule has 0 amide bonds. The number of nitrogens with zero attached hydrogens (tertiary/aromatic N) is 4. The van der Waals surface area contributed by atoms with Gasteiger partial charge in [-0.25, -0.2) is 26.7 Å². The predicted molar refractivity (Wildman–Crippen MR) is 84.0 cm³/mol. The van der Waals surface area contributed by atoms with Crippen LogP contribution in [-0.2, 0) is 10.0 Å². The molecule has 126 valence electrons. The van der Waals surface area contributed by atoms with Crippen LogP contribution in [0.4, 0.5) is 14.7 Å². The van der Waals surface area contributed by atoms with Crippen molar-refractivity contribution in [1.29, 1.82) is 0 Å². The Morgan fingerprint density at radius 2 is 2.22 bits per heavy atom. The third-order valence-electron chi connectivity index (χ3n) is 3.70. The molecule has 23 heavy (non-hydrogen) atoms. The summed E-state index contributed by atoms with van der Waals surface area (Å²) in [4.78, 5) is 4.03. The van der Waals surface area contributed by atoms with Gasteiger partial charge >= 0.3 is 0 Å². The van der Waals surface area contributed by atoms with E-state index in [0.29, 0.717) is 5.52 Å². The van der Waals surface area contributed by atoms with Crippen molar-refractivity contribution >= 4 is 37.4 Å². The molecule has 1 fully saturated rings. The molecular weight excluding hydrogens is 396 g/mol. The summed E-state index contributed by atoms with van der Waals surface area (Å²) in [5.74, 6) is -0.324. The Morgan fingerprint density at radius 3 is 2.87 bits per heavy atom. The summed E-state index contributed by atoms with van der Waals surface area (Å²) in [6.45, 7) is 0.0155. The number of alkyl halides is 1. The molecule has 0 saturated carbocycles. The van der Waals surface area contributed by atoms with Crippen molar-refractivity contribution in [2.75, 3.05) is 24.7 Å². The molecule has 2 aromatic heterocycles. The Kier molecular flexibility index (Phi) is 4.27. The molecule has 0 aliphatic carbocycles. The molecule has 11 heteroatoms. The van der Waals surface area contributed by atoms with Gasteiger partial charge in [0, 0.05) is 19.2 Å². The molecule has 1 saturated heterocycles. The van der Waals surface area contributed by atoms with Crippen molar-refractivity contribution in [3.05, 3.63) is 22.7 Å². The van der Waals surface area contributed by atoms with Crippen molar-refractivity contribution in [3.8, 4) is 0 Å². The van der Waals surface area contributed by atoms with E-state index in [9.17, 15) is 17.2 Å². The molecule has 1 N–H and O–H groups in total. The van der Waals surface area contributed by atoms with Crippen LogP contribution in [0.2, 0.25) is 0 Å². The van der Waals surface area contributed by atoms with Gasteiger partial charge in [-0.15, -0.1) is 5.10 Å². The molecule has 0 unspecified atom stereocenters. The second kappa shape index (κ2) is 5.95. The van der Waals surface area contributed by atoms with Crippen molar-refractivity contribution < 1.29 is 17.2 Å². The largest absolute Gasteiger partial charge is 0.347 e. The van der Waals surface area contributed by atoms with Crippen LogP contribution in [0, 0.1) is 5.82 Å². The van der Waals surface area contributed by atoms with Gasteiger partial charge in [0.15, 0.2) is 5.82 Å². The van der Waals surface area contributed by atoms with Crippen molar-refractivity contribution in [3.63, 3.8) is 0 Å². The number of aromatic nitrogens is 3. The van der Waals surface area contributed by atoms with Crippen LogP contribution in [0.25, 0.3) is 5.52 Å². The maximum Gasteiger partial charge on any atom is 0.241 e. The molecule has 0 aromatic carbocycles. The fourth-order valence-corrected chi connectivity index (χ4v) is 3.73. The van der Waals surface area contributed by atoms with Gasteiger partial charge in [-0.2, -0.15) is 4.31 Å². The predicted octanol–water partition coefficient (Wildman–Crippen LogP) is 1.41. The van der Waals surface area contributed by atoms with Gasteiger partial charge < -0.3 is 5.32 Å². The highest BCUT2D eigenvalue weighted by atomic mass is 79.9. The lowest BCUT2D eigenvalue weighted by Gasteiger charge is -2.33. The van der Waals surface area contributed by atoms with E-state index in [0.717, 1.165) is 10.6 Å². The van der Waals surface area contributed by atoms with E-state index in [1.165, 1.54) is 16.8 Å². The van der Waals surface area contributed by atoms with E-state index in [2.05, 4.69) is 31.3 Å². The smallest absolute Gasteiger partial charge is 0.241 e. The van der Waals surface area contributed by atoms with Gasteiger partial charge in [-0.1, -0.05) is 0 Å². The highest BCUT2D eigenvalue weighted by Gasteiger charge is 2.33. The fraction of sp³-hybridized carbons (Fsp3) is 0.500. The maximum absolute atomic E-state index is 14.2. The molecule has 3 rings (SSSR count). The highest BCUT2D eigenvalue weighted by Crippen LogP contribution is 2.22. The van der Waals surface area contributed by atoms with Crippen molar-refractivity contribution in [1.82, 2.24) is 18.9 Å². The summed E-state index contributed by atoms with van der Waals surface area (Å²) < 4.78 is 53.2. The van der Waals surface area contributed by atoms with Crippen LogP contribution in [0.5, 0.6) is 0 Å². The second-order valence-electron chi connectivity index (χ2n) is 5.38. The SMILES string of the molecule is CS(=O)(=O)N1CC[C@@H](Nc2ncc3cc(F)c(Br)n3n2)[C@H](F)C1. The van der Waals surface area contributed by atoms with Gasteiger partial charge in [0.05, 0.1) is 24.0 Å². The Bertz CT molecular complexity index is 843. The first-order chi connectivity index (χ1) is 10.8. The summed E-state index contributed by atoms with van der Waals surface area (Å²) in [5.41, 5.74) is 0.462. The molecule has 2 aromatic rings. The zero-order chi connectivity index (χ0) is 16.8. The van der Waals surface area contributed by atoms with Gasteiger partial charge in [-0.3, -0.25) is 0 Å². The number of nitrogens with one attached hydrogen (secondary N) is 1. The number of halogens is 3. The molecular formula is C12H14BrF2N5O2S. The standard InChI is InChI=1S/C12H14BrF2N5O2S/c1-23(21,22)19-3-2-10(9(15)6-19)17-12-16-5-7-4-8(14)11(13)20(7)18-12/h4-5,9-10H,2-3,6H2,1H3,(H,17,18)/t9-,10-/m1/s1. The summed E-state index contributed by atoms with van der Waals surface area (Å²) >= 11 is 3.07. The third kappa shape index (κ3) is 3.31. The third-order valence-corrected chi connectivity index (χ3v) is 5.69. The number of fused-ring (bicyclic) bond motifs is 1. The van der Waals surface area contributed by atoms with Crippen LogP contribution in [0.1, 0.15) is 6.42 Å². The maximum atomic E-state index is 14.2. The quantitative estimate of drug-likeness (QED) is 0.828. The minimum Gasteiger partial charge on any atom is -0.347 e. The Balaban J connectivity index is 1.76. The van der Waals surface area contributed by atoms with E-state index >= 15 is 0 Å². The van der Waals surface area contributed by atoms with Crippen molar-refractivity contribution in [2.24, 2.45) is 0 Å². The molecule has 3 heterocycles. The van der Waals surface area contributed by atoms with E-state index in [4.69, 9.17) is 0 Å². The summed E-state index contributed by atoms with van der Waals surface area (Å²) in [6, 6.07) is 0.667. The molecule has 1 aliphatic rings. The van der Waals surface area contributed by atoms with Crippen LogP contribution in [0.15, 0.2) is 16.9 Å². The number of anilines is 1. The Morgan fingerprint density at radius 1 is 1.48 bits per heavy atom. The summed E-state index contributed by atoms with van der Waals surface area (Å²) in [5, 5.41) is 6.95. The monoisotopic (exact) mass is 409 g/mol. The van der Waals surface area contributed by atoms with Crippen LogP contribution >= 0.6 is 15.9 Å². The van der Waals surface area contributed by atoms with E-state index < -0.39 is 28.1 Å². The fourth-order valence-electron chi connectivity index (χ4n) is 2.48. The zero-order valence-electron chi connectivity index (χ0n) is 12.1. The van der Waals surface area contributed by atoms with Crippen LogP contribution < -0.4 is 5.32 Å². The van der Waals surface area contributed by atoms with E-state index in [1.807, 2.05) is 0 Å². The minimum atomic E-state index is -3.40. The average molecular weight is 410 g/mol. The number of rotatable bonds is 3. The molecule has 0 radical (unpaired) electrons. The van der Waals surface area contributed by atoms with Gasteiger partial charge in [0.25, 0.3) is 0 Å². The molecule has 7 nitrogen and oxygen atoms in total. The lowest BCUT2D eigenvalue weighted by atomic mass is 10.1. The number of hydrogen-bond acceptors (Lipinski definition) is 5. The lowest BCUT2D eigenvalue weighted by Crippen LogP contribution is -2.49. The van der Waals surface area contributed by atoms with Gasteiger partial charge in [0.1, 0.15) is 10.8 Å². The lowest BCUT2D eigenvalue weighted by molar-refractivity contribution is 0.186. The molecule has 1 aliphatic heterocycles. The van der Waals surface area contributed by atoms with Crippen LogP contribution in [-0.4, -0.2) is 58.9 Å². The molecule has 0 spiro atoms. The highest BCUT2D eigenvalue weighted by molar-refractivity contribution is 9.10. The van der Waals surface area contributed by atoms with E-state index in [1.54, 1.807) is 0 Å². The minimum absolute atomic E-state index is 0.147. The van der Waals surface area contributed by atoms with Crippen LogP contribution in [0.3, 0.4) is 0 Å². The Hall–Kier alpha value is -1.33. The normalized spacial score (nSPS) is 23.3.